The molecule has 2 heterocycles. The molecule has 0 aromatic rings. The Morgan fingerprint density at radius 3 is 2.55 bits per heavy atom. The van der Waals surface area contributed by atoms with Gasteiger partial charge in [0.2, 0.25) is 5.91 Å². The fraction of sp³-hybridized carbons (Fsp3) is 0.944. The number of hydrogen-bond donors (Lipinski definition) is 0. The van der Waals surface area contributed by atoms with Crippen LogP contribution in [0.2, 0.25) is 0 Å². The first-order chi connectivity index (χ1) is 10.8. The first-order valence-electron chi connectivity index (χ1n) is 9.41. The number of nitrogens with zero attached hydrogens (tertiary/aromatic N) is 2. The first-order valence-corrected chi connectivity index (χ1v) is 9.41. The van der Waals surface area contributed by atoms with Gasteiger partial charge in [0.25, 0.3) is 0 Å². The van der Waals surface area contributed by atoms with Crippen LogP contribution in [-0.2, 0) is 9.53 Å². The maximum absolute atomic E-state index is 12.4. The van der Waals surface area contributed by atoms with Crippen LogP contribution in [0, 0.1) is 0 Å². The van der Waals surface area contributed by atoms with Crippen LogP contribution in [0.4, 0.5) is 0 Å². The summed E-state index contributed by atoms with van der Waals surface area (Å²) in [4.78, 5) is 17.1. The van der Waals surface area contributed by atoms with Crippen molar-refractivity contribution in [1.82, 2.24) is 9.80 Å². The lowest BCUT2D eigenvalue weighted by atomic mass is 10.1. The summed E-state index contributed by atoms with van der Waals surface area (Å²) < 4.78 is 5.45. The minimum absolute atomic E-state index is 0.388. The molecule has 4 heteroatoms. The van der Waals surface area contributed by atoms with Gasteiger partial charge in [0.15, 0.2) is 0 Å². The van der Waals surface area contributed by atoms with E-state index in [0.717, 1.165) is 65.1 Å². The molecule has 0 bridgehead atoms. The average molecular weight is 310 g/mol. The highest BCUT2D eigenvalue weighted by Crippen LogP contribution is 2.19. The molecule has 128 valence electrons. The molecule has 0 spiro atoms. The van der Waals surface area contributed by atoms with Crippen LogP contribution >= 0.6 is 0 Å². The highest BCUT2D eigenvalue weighted by atomic mass is 16.5. The molecule has 0 unspecified atom stereocenters. The summed E-state index contributed by atoms with van der Waals surface area (Å²) in [7, 11) is 0. The van der Waals surface area contributed by atoms with Crippen molar-refractivity contribution in [3.05, 3.63) is 0 Å². The molecule has 0 aromatic heterocycles. The van der Waals surface area contributed by atoms with Gasteiger partial charge in [0, 0.05) is 38.6 Å². The largest absolute Gasteiger partial charge is 0.379 e. The molecule has 1 amide bonds. The second kappa shape index (κ2) is 10.2. The van der Waals surface area contributed by atoms with Crippen LogP contribution in [-0.4, -0.2) is 61.1 Å². The molecule has 0 N–H and O–H groups in total. The van der Waals surface area contributed by atoms with Gasteiger partial charge in [-0.1, -0.05) is 32.6 Å². The van der Waals surface area contributed by atoms with E-state index in [0.29, 0.717) is 11.9 Å². The first kappa shape index (κ1) is 17.7. The third kappa shape index (κ3) is 5.88. The molecule has 0 aromatic carbocycles. The third-order valence-electron chi connectivity index (χ3n) is 5.11. The fourth-order valence-corrected chi connectivity index (χ4v) is 3.67. The molecule has 4 nitrogen and oxygen atoms in total. The number of carbonyl (C=O) groups excluding carboxylic acids is 1. The number of carbonyl (C=O) groups is 1. The summed E-state index contributed by atoms with van der Waals surface area (Å²) in [6, 6.07) is 0.659. The molecule has 2 fully saturated rings. The number of morpholine rings is 1. The Balaban J connectivity index is 1.66. The highest BCUT2D eigenvalue weighted by molar-refractivity contribution is 5.76. The zero-order valence-corrected chi connectivity index (χ0v) is 14.4. The lowest BCUT2D eigenvalue weighted by Gasteiger charge is -2.34. The van der Waals surface area contributed by atoms with E-state index in [-0.39, 0.29) is 0 Å². The lowest BCUT2D eigenvalue weighted by Crippen LogP contribution is -2.44. The number of unbranched alkanes of at least 4 members (excludes halogenated alkanes) is 4. The van der Waals surface area contributed by atoms with Crippen molar-refractivity contribution in [3.63, 3.8) is 0 Å². The van der Waals surface area contributed by atoms with Crippen LogP contribution in [0.25, 0.3) is 0 Å². The van der Waals surface area contributed by atoms with Crippen LogP contribution in [0.5, 0.6) is 0 Å². The second-order valence-corrected chi connectivity index (χ2v) is 6.78. The van der Waals surface area contributed by atoms with Crippen LogP contribution in [0.15, 0.2) is 0 Å². The smallest absolute Gasteiger partial charge is 0.222 e. The van der Waals surface area contributed by atoms with Gasteiger partial charge in [0.1, 0.15) is 0 Å². The van der Waals surface area contributed by atoms with Gasteiger partial charge in [-0.2, -0.15) is 0 Å². The van der Waals surface area contributed by atoms with Crippen molar-refractivity contribution in [2.75, 3.05) is 39.4 Å². The minimum atomic E-state index is 0.388. The second-order valence-electron chi connectivity index (χ2n) is 6.78. The van der Waals surface area contributed by atoms with Crippen LogP contribution < -0.4 is 0 Å². The topological polar surface area (TPSA) is 32.8 Å². The van der Waals surface area contributed by atoms with Gasteiger partial charge in [0.05, 0.1) is 13.2 Å². The molecule has 0 saturated carbocycles. The lowest BCUT2D eigenvalue weighted by molar-refractivity contribution is -0.131. The predicted octanol–water partition coefficient (Wildman–Crippen LogP) is 3.06. The van der Waals surface area contributed by atoms with E-state index >= 15 is 0 Å². The summed E-state index contributed by atoms with van der Waals surface area (Å²) in [5, 5.41) is 0. The molecular formula is C18H34N2O2. The Morgan fingerprint density at radius 2 is 1.77 bits per heavy atom. The maximum Gasteiger partial charge on any atom is 0.222 e. The van der Waals surface area contributed by atoms with Crippen LogP contribution in [0.3, 0.4) is 0 Å². The molecule has 1 atom stereocenters. The van der Waals surface area contributed by atoms with E-state index in [1.165, 1.54) is 32.1 Å². The molecule has 2 aliphatic heterocycles. The van der Waals surface area contributed by atoms with Crippen molar-refractivity contribution in [1.29, 1.82) is 0 Å². The van der Waals surface area contributed by atoms with E-state index in [9.17, 15) is 4.79 Å². The molecule has 0 radical (unpaired) electrons. The zero-order valence-electron chi connectivity index (χ0n) is 14.4. The van der Waals surface area contributed by atoms with Gasteiger partial charge in [-0.15, -0.1) is 0 Å². The Morgan fingerprint density at radius 1 is 1.00 bits per heavy atom. The minimum Gasteiger partial charge on any atom is -0.379 e. The van der Waals surface area contributed by atoms with E-state index in [1.54, 1.807) is 0 Å². The Kier molecular flexibility index (Phi) is 8.24. The standard InChI is InChI=1S/C18H34N2O2/c1-2-3-4-5-6-9-18(21)20-11-7-8-17(10-12-20)19-13-15-22-16-14-19/h17H,2-16H2,1H3/t17-/m0/s1. The molecule has 2 aliphatic rings. The maximum atomic E-state index is 12.4. The van der Waals surface area contributed by atoms with Crippen molar-refractivity contribution in [2.45, 2.75) is 70.8 Å². The Bertz CT molecular complexity index is 316. The molecule has 2 rings (SSSR count). The van der Waals surface area contributed by atoms with Crippen molar-refractivity contribution in [2.24, 2.45) is 0 Å². The zero-order chi connectivity index (χ0) is 15.6. The van der Waals surface area contributed by atoms with Gasteiger partial charge in [-0.05, 0) is 25.7 Å². The summed E-state index contributed by atoms with van der Waals surface area (Å²) in [6.07, 6.45) is 10.4. The SMILES string of the molecule is CCCCCCCC(=O)N1CCC[C@H](N2CCOCC2)CC1. The number of amides is 1. The molecule has 2 saturated heterocycles. The molecule has 0 aliphatic carbocycles. The number of rotatable bonds is 7. The van der Waals surface area contributed by atoms with E-state index < -0.39 is 0 Å². The summed E-state index contributed by atoms with van der Waals surface area (Å²) >= 11 is 0. The number of likely N-dealkylation sites (tertiary alicyclic amines) is 1. The monoisotopic (exact) mass is 310 g/mol. The van der Waals surface area contributed by atoms with E-state index in [4.69, 9.17) is 4.74 Å². The highest BCUT2D eigenvalue weighted by Gasteiger charge is 2.25. The fourth-order valence-electron chi connectivity index (χ4n) is 3.67. The number of hydrogen-bond acceptors (Lipinski definition) is 3. The van der Waals surface area contributed by atoms with Crippen molar-refractivity contribution >= 4 is 5.91 Å². The third-order valence-corrected chi connectivity index (χ3v) is 5.11. The quantitative estimate of drug-likeness (QED) is 0.678. The predicted molar refractivity (Wildman–Crippen MR) is 90.0 cm³/mol. The molecule has 22 heavy (non-hydrogen) atoms. The van der Waals surface area contributed by atoms with E-state index in [1.807, 2.05) is 0 Å². The van der Waals surface area contributed by atoms with Crippen molar-refractivity contribution in [3.8, 4) is 0 Å². The van der Waals surface area contributed by atoms with E-state index in [2.05, 4.69) is 16.7 Å². The van der Waals surface area contributed by atoms with Gasteiger partial charge >= 0.3 is 0 Å². The van der Waals surface area contributed by atoms with Gasteiger partial charge in [-0.3, -0.25) is 9.69 Å². The average Bonchev–Trinajstić information content (AvgIpc) is 2.81. The van der Waals surface area contributed by atoms with Crippen molar-refractivity contribution < 1.29 is 9.53 Å². The van der Waals surface area contributed by atoms with Gasteiger partial charge in [-0.25, -0.2) is 0 Å². The molecular weight excluding hydrogens is 276 g/mol. The summed E-state index contributed by atoms with van der Waals surface area (Å²) in [5.74, 6) is 0.388. The normalized spacial score (nSPS) is 24.2. The summed E-state index contributed by atoms with van der Waals surface area (Å²) in [5.41, 5.74) is 0. The number of ether oxygens (including phenoxy) is 1. The van der Waals surface area contributed by atoms with Gasteiger partial charge < -0.3 is 9.64 Å². The Labute approximate surface area is 136 Å². The van der Waals surface area contributed by atoms with Crippen LogP contribution in [0.1, 0.15) is 64.7 Å². The Hall–Kier alpha value is -0.610. The summed E-state index contributed by atoms with van der Waals surface area (Å²) in [6.45, 7) is 8.03.